The molecule has 0 aliphatic rings. The molecule has 0 aliphatic heterocycles. The van der Waals surface area contributed by atoms with Crippen molar-refractivity contribution in [1.82, 2.24) is 24.6 Å². The summed E-state index contributed by atoms with van der Waals surface area (Å²) < 4.78 is 21.8. The van der Waals surface area contributed by atoms with E-state index in [1.807, 2.05) is 10.7 Å². The van der Waals surface area contributed by atoms with E-state index in [1.54, 1.807) is 30.6 Å². The first-order valence-corrected chi connectivity index (χ1v) is 11.7. The number of nitrogens with zero attached hydrogens (tertiary/aromatic N) is 5. The van der Waals surface area contributed by atoms with Crippen molar-refractivity contribution in [1.29, 1.82) is 0 Å². The Kier molecular flexibility index (Phi) is 6.11. The number of hydrogen-bond donors (Lipinski definition) is 1. The minimum Gasteiger partial charge on any atom is -0.383 e. The van der Waals surface area contributed by atoms with Gasteiger partial charge in [0.1, 0.15) is 22.8 Å². The van der Waals surface area contributed by atoms with E-state index in [4.69, 9.17) is 21.4 Å². The molecule has 0 bridgehead atoms. The molecule has 3 aromatic heterocycles. The third-order valence-electron chi connectivity index (χ3n) is 5.54. The van der Waals surface area contributed by atoms with Crippen LogP contribution in [0.2, 0.25) is 5.02 Å². The lowest BCUT2D eigenvalue weighted by molar-refractivity contribution is 0.159. The number of ether oxygens (including phenoxy) is 1. The normalized spacial score (nSPS) is 11.9. The van der Waals surface area contributed by atoms with Crippen LogP contribution in [0.15, 0.2) is 42.9 Å². The summed E-state index contributed by atoms with van der Waals surface area (Å²) in [5.74, 6) is 0.195. The van der Waals surface area contributed by atoms with Gasteiger partial charge < -0.3 is 15.0 Å². The number of anilines is 2. The van der Waals surface area contributed by atoms with Crippen molar-refractivity contribution in [3.05, 3.63) is 53.7 Å². The summed E-state index contributed by atoms with van der Waals surface area (Å²) in [5.41, 5.74) is 1.61. The predicted molar refractivity (Wildman–Crippen MR) is 132 cm³/mol. The summed E-state index contributed by atoms with van der Waals surface area (Å²) in [7, 11) is 3.79. The highest BCUT2D eigenvalue weighted by Gasteiger charge is 2.16. The van der Waals surface area contributed by atoms with Gasteiger partial charge in [0.25, 0.3) is 0 Å². The Balaban J connectivity index is 1.50. The van der Waals surface area contributed by atoms with Crippen molar-refractivity contribution in [2.24, 2.45) is 0 Å². The minimum absolute atomic E-state index is 0.0578. The van der Waals surface area contributed by atoms with Crippen LogP contribution in [-0.4, -0.2) is 58.5 Å². The molecule has 10 heteroatoms. The maximum atomic E-state index is 13.6. The molecule has 33 heavy (non-hydrogen) atoms. The fourth-order valence-corrected chi connectivity index (χ4v) is 5.09. The van der Waals surface area contributed by atoms with E-state index in [-0.39, 0.29) is 5.02 Å². The van der Waals surface area contributed by atoms with E-state index in [0.717, 1.165) is 50.8 Å². The summed E-state index contributed by atoms with van der Waals surface area (Å²) in [5, 5.41) is 11.1. The van der Waals surface area contributed by atoms with Crippen molar-refractivity contribution in [3.8, 4) is 0 Å². The van der Waals surface area contributed by atoms with Crippen LogP contribution >= 0.6 is 22.9 Å². The Morgan fingerprint density at radius 1 is 1.18 bits per heavy atom. The fraction of sp³-hybridized carbons (Fsp3) is 0.261. The Bertz CT molecular complexity index is 1450. The third-order valence-corrected chi connectivity index (χ3v) is 6.97. The summed E-state index contributed by atoms with van der Waals surface area (Å²) in [6.45, 7) is 3.26. The van der Waals surface area contributed by atoms with Crippen LogP contribution in [-0.2, 0) is 11.3 Å². The van der Waals surface area contributed by atoms with Gasteiger partial charge in [-0.05, 0) is 31.3 Å². The monoisotopic (exact) mass is 484 g/mol. The van der Waals surface area contributed by atoms with Crippen LogP contribution in [0.3, 0.4) is 0 Å². The second kappa shape index (κ2) is 9.18. The highest BCUT2D eigenvalue weighted by atomic mass is 35.5. The molecule has 0 fully saturated rings. The SMILES string of the molecule is COCCN(C)CCn1cc2c(ccc3c2sc2ncnc(Nc4ccc(F)c(Cl)c4)c23)n1. The van der Waals surface area contributed by atoms with Gasteiger partial charge in [0.2, 0.25) is 0 Å². The van der Waals surface area contributed by atoms with Gasteiger partial charge in [-0.3, -0.25) is 4.68 Å². The number of aromatic nitrogens is 4. The molecule has 0 saturated carbocycles. The molecule has 5 aromatic rings. The topological polar surface area (TPSA) is 68.1 Å². The molecule has 0 radical (unpaired) electrons. The molecule has 0 aliphatic carbocycles. The Hall–Kier alpha value is -2.85. The minimum atomic E-state index is -0.458. The van der Waals surface area contributed by atoms with Crippen LogP contribution < -0.4 is 5.32 Å². The van der Waals surface area contributed by atoms with Crippen LogP contribution in [0.5, 0.6) is 0 Å². The van der Waals surface area contributed by atoms with Gasteiger partial charge in [0.05, 0.1) is 29.1 Å². The van der Waals surface area contributed by atoms with Gasteiger partial charge in [0, 0.05) is 47.6 Å². The van der Waals surface area contributed by atoms with Gasteiger partial charge in [-0.25, -0.2) is 14.4 Å². The van der Waals surface area contributed by atoms with Crippen LogP contribution in [0.4, 0.5) is 15.9 Å². The molecule has 0 unspecified atom stereocenters. The highest BCUT2D eigenvalue weighted by molar-refractivity contribution is 7.26. The number of nitrogens with one attached hydrogen (secondary N) is 1. The van der Waals surface area contributed by atoms with Crippen molar-refractivity contribution >= 4 is 65.6 Å². The average molecular weight is 485 g/mol. The molecule has 0 saturated heterocycles. The van der Waals surface area contributed by atoms with Crippen LogP contribution in [0.1, 0.15) is 0 Å². The molecule has 0 spiro atoms. The number of thiophene rings is 1. The lowest BCUT2D eigenvalue weighted by Gasteiger charge is -2.15. The fourth-order valence-electron chi connectivity index (χ4n) is 3.76. The van der Waals surface area contributed by atoms with E-state index in [0.29, 0.717) is 18.1 Å². The van der Waals surface area contributed by atoms with Crippen molar-refractivity contribution in [3.63, 3.8) is 0 Å². The molecule has 0 atom stereocenters. The Morgan fingerprint density at radius 2 is 2.06 bits per heavy atom. The molecule has 1 N–H and O–H groups in total. The maximum absolute atomic E-state index is 13.6. The number of hydrogen-bond acceptors (Lipinski definition) is 7. The zero-order chi connectivity index (χ0) is 22.9. The Labute approximate surface area is 198 Å². The van der Waals surface area contributed by atoms with Crippen LogP contribution in [0.25, 0.3) is 31.2 Å². The van der Waals surface area contributed by atoms with Crippen molar-refractivity contribution in [2.45, 2.75) is 6.54 Å². The maximum Gasteiger partial charge on any atom is 0.143 e. The van der Waals surface area contributed by atoms with Crippen molar-refractivity contribution < 1.29 is 9.13 Å². The Morgan fingerprint density at radius 3 is 2.88 bits per heavy atom. The van der Waals surface area contributed by atoms with E-state index in [2.05, 4.69) is 39.5 Å². The lowest BCUT2D eigenvalue weighted by atomic mass is 10.1. The van der Waals surface area contributed by atoms with Crippen molar-refractivity contribution in [2.75, 3.05) is 39.2 Å². The summed E-state index contributed by atoms with van der Waals surface area (Å²) in [6, 6.07) is 8.60. The molecule has 170 valence electrons. The standard InChI is InChI=1S/C23H22ClFN6OS/c1-30(9-10-32-2)7-8-31-12-16-19(29-31)6-4-15-20-22(26-13-27-23(20)33-21(15)16)28-14-3-5-18(25)17(24)11-14/h3-6,11-13H,7-10H2,1-2H3,(H,26,27,28). The zero-order valence-electron chi connectivity index (χ0n) is 18.2. The van der Waals surface area contributed by atoms with Gasteiger partial charge >= 0.3 is 0 Å². The molecule has 2 aromatic carbocycles. The van der Waals surface area contributed by atoms with E-state index in [9.17, 15) is 4.39 Å². The second-order valence-electron chi connectivity index (χ2n) is 7.82. The molecule has 7 nitrogen and oxygen atoms in total. The first kappa shape index (κ1) is 22.0. The highest BCUT2D eigenvalue weighted by Crippen LogP contribution is 2.40. The first-order chi connectivity index (χ1) is 16.0. The third kappa shape index (κ3) is 4.37. The van der Waals surface area contributed by atoms with E-state index < -0.39 is 5.82 Å². The molecule has 3 heterocycles. The predicted octanol–water partition coefficient (Wildman–Crippen LogP) is 5.31. The number of halogens is 2. The number of rotatable bonds is 8. The van der Waals surface area contributed by atoms with Gasteiger partial charge in [-0.1, -0.05) is 17.7 Å². The molecular weight excluding hydrogens is 463 g/mol. The van der Waals surface area contributed by atoms with Crippen LogP contribution in [0, 0.1) is 5.82 Å². The lowest BCUT2D eigenvalue weighted by Crippen LogP contribution is -2.26. The van der Waals surface area contributed by atoms with Gasteiger partial charge in [-0.2, -0.15) is 5.10 Å². The number of fused-ring (bicyclic) bond motifs is 5. The van der Waals surface area contributed by atoms with E-state index >= 15 is 0 Å². The summed E-state index contributed by atoms with van der Waals surface area (Å²) in [6.07, 6.45) is 3.62. The average Bonchev–Trinajstić information content (AvgIpc) is 3.40. The van der Waals surface area contributed by atoms with Gasteiger partial charge in [0.15, 0.2) is 0 Å². The summed E-state index contributed by atoms with van der Waals surface area (Å²) >= 11 is 7.56. The largest absolute Gasteiger partial charge is 0.383 e. The molecular formula is C23H22ClFN6OS. The van der Waals surface area contributed by atoms with E-state index in [1.165, 1.54) is 12.4 Å². The molecule has 0 amide bonds. The molecule has 5 rings (SSSR count). The quantitative estimate of drug-likeness (QED) is 0.322. The number of benzene rings is 2. The first-order valence-electron chi connectivity index (χ1n) is 10.5. The summed E-state index contributed by atoms with van der Waals surface area (Å²) in [4.78, 5) is 12.0. The zero-order valence-corrected chi connectivity index (χ0v) is 19.8. The number of methoxy groups -OCH3 is 1. The second-order valence-corrected chi connectivity index (χ2v) is 9.23. The number of likely N-dealkylation sites (N-methyl/N-ethyl adjacent to an activating group) is 1. The van der Waals surface area contributed by atoms with Gasteiger partial charge in [-0.15, -0.1) is 11.3 Å². The smallest absolute Gasteiger partial charge is 0.143 e.